The van der Waals surface area contributed by atoms with Gasteiger partial charge in [0.25, 0.3) is 11.8 Å². The van der Waals surface area contributed by atoms with Crippen LogP contribution in [-0.4, -0.2) is 23.5 Å². The highest BCUT2D eigenvalue weighted by Crippen LogP contribution is 2.30. The van der Waals surface area contributed by atoms with Crippen LogP contribution in [0.15, 0.2) is 108 Å². The smallest absolute Gasteiger partial charge is 0.272 e. The third kappa shape index (κ3) is 8.37. The van der Waals surface area contributed by atoms with Crippen LogP contribution in [0, 0.1) is 0 Å². The molecule has 0 fully saturated rings. The molecule has 0 aliphatic carbocycles. The molecule has 4 aromatic rings. The van der Waals surface area contributed by atoms with E-state index in [1.165, 1.54) is 11.8 Å². The standard InChI is InChI=1S/C30H22Cl3N3O3S/c31-21-11-9-19(10-12-21)17-26(36-29(38)20-5-2-1-3-6-20)30(39)34-22-13-15-23(16-14-22)40-18-27(37)35-25-8-4-7-24(32)28(25)33/h1-17H,18H2,(H,34,39)(H,35,37)(H,36,38)/b26-17-. The highest BCUT2D eigenvalue weighted by molar-refractivity contribution is 8.00. The van der Waals surface area contributed by atoms with Gasteiger partial charge in [-0.25, -0.2) is 0 Å². The summed E-state index contributed by atoms with van der Waals surface area (Å²) in [4.78, 5) is 39.1. The third-order valence-electron chi connectivity index (χ3n) is 5.42. The number of anilines is 2. The summed E-state index contributed by atoms with van der Waals surface area (Å²) in [5.41, 5.74) is 2.12. The van der Waals surface area contributed by atoms with Gasteiger partial charge in [0, 0.05) is 21.2 Å². The number of hydrogen-bond donors (Lipinski definition) is 3. The Morgan fingerprint density at radius 3 is 2.15 bits per heavy atom. The Morgan fingerprint density at radius 2 is 1.45 bits per heavy atom. The van der Waals surface area contributed by atoms with Gasteiger partial charge in [-0.05, 0) is 72.3 Å². The van der Waals surface area contributed by atoms with E-state index in [2.05, 4.69) is 16.0 Å². The van der Waals surface area contributed by atoms with Crippen LogP contribution >= 0.6 is 46.6 Å². The van der Waals surface area contributed by atoms with Gasteiger partial charge in [-0.2, -0.15) is 0 Å². The molecule has 0 radical (unpaired) electrons. The van der Waals surface area contributed by atoms with E-state index in [0.29, 0.717) is 32.5 Å². The molecular formula is C30H22Cl3N3O3S. The van der Waals surface area contributed by atoms with Gasteiger partial charge in [0.1, 0.15) is 5.70 Å². The maximum absolute atomic E-state index is 13.2. The first kappa shape index (κ1) is 29.2. The zero-order chi connectivity index (χ0) is 28.5. The molecule has 0 saturated carbocycles. The number of amides is 3. The first-order valence-corrected chi connectivity index (χ1v) is 14.0. The summed E-state index contributed by atoms with van der Waals surface area (Å²) in [6.07, 6.45) is 1.57. The summed E-state index contributed by atoms with van der Waals surface area (Å²) in [6.45, 7) is 0. The fraction of sp³-hybridized carbons (Fsp3) is 0.0333. The SMILES string of the molecule is O=C(CSc1ccc(NC(=O)/C(=C/c2ccc(Cl)cc2)NC(=O)c2ccccc2)cc1)Nc1cccc(Cl)c1Cl. The van der Waals surface area contributed by atoms with Crippen molar-refractivity contribution in [3.63, 3.8) is 0 Å². The summed E-state index contributed by atoms with van der Waals surface area (Å²) in [7, 11) is 0. The maximum atomic E-state index is 13.2. The molecule has 0 unspecified atom stereocenters. The molecular weight excluding hydrogens is 589 g/mol. The van der Waals surface area contributed by atoms with Crippen LogP contribution in [0.2, 0.25) is 15.1 Å². The molecule has 0 saturated heterocycles. The zero-order valence-electron chi connectivity index (χ0n) is 20.8. The van der Waals surface area contributed by atoms with Crippen LogP contribution < -0.4 is 16.0 Å². The highest BCUT2D eigenvalue weighted by atomic mass is 35.5. The summed E-state index contributed by atoms with van der Waals surface area (Å²) in [6, 6.07) is 27.5. The normalized spacial score (nSPS) is 11.0. The molecule has 40 heavy (non-hydrogen) atoms. The molecule has 0 aromatic heterocycles. The summed E-state index contributed by atoms with van der Waals surface area (Å²) < 4.78 is 0. The van der Waals surface area contributed by atoms with Crippen molar-refractivity contribution in [3.05, 3.63) is 129 Å². The Labute approximate surface area is 250 Å². The van der Waals surface area contributed by atoms with Gasteiger partial charge in [0.2, 0.25) is 5.91 Å². The van der Waals surface area contributed by atoms with Gasteiger partial charge < -0.3 is 16.0 Å². The molecule has 4 aromatic carbocycles. The molecule has 3 amide bonds. The first-order valence-electron chi connectivity index (χ1n) is 11.9. The van der Waals surface area contributed by atoms with Crippen molar-refractivity contribution >= 4 is 81.7 Å². The summed E-state index contributed by atoms with van der Waals surface area (Å²) >= 11 is 19.4. The van der Waals surface area contributed by atoms with Crippen molar-refractivity contribution in [2.45, 2.75) is 4.90 Å². The second kappa shape index (κ2) is 14.1. The fourth-order valence-corrected chi connectivity index (χ4v) is 4.61. The lowest BCUT2D eigenvalue weighted by molar-refractivity contribution is -0.114. The van der Waals surface area contributed by atoms with E-state index >= 15 is 0 Å². The van der Waals surface area contributed by atoms with Gasteiger partial charge in [0.15, 0.2) is 0 Å². The largest absolute Gasteiger partial charge is 0.324 e. The molecule has 0 bridgehead atoms. The van der Waals surface area contributed by atoms with Crippen molar-refractivity contribution in [2.75, 3.05) is 16.4 Å². The maximum Gasteiger partial charge on any atom is 0.272 e. The minimum Gasteiger partial charge on any atom is -0.324 e. The quantitative estimate of drug-likeness (QED) is 0.133. The van der Waals surface area contributed by atoms with E-state index in [9.17, 15) is 14.4 Å². The molecule has 3 N–H and O–H groups in total. The predicted molar refractivity (Wildman–Crippen MR) is 164 cm³/mol. The zero-order valence-corrected chi connectivity index (χ0v) is 23.9. The summed E-state index contributed by atoms with van der Waals surface area (Å²) in [5, 5.41) is 9.44. The fourth-order valence-electron chi connectivity index (χ4n) is 3.44. The van der Waals surface area contributed by atoms with Crippen LogP contribution in [0.3, 0.4) is 0 Å². The molecule has 202 valence electrons. The van der Waals surface area contributed by atoms with Gasteiger partial charge in [0.05, 0.1) is 21.5 Å². The Morgan fingerprint density at radius 1 is 0.750 bits per heavy atom. The molecule has 0 spiro atoms. The van der Waals surface area contributed by atoms with E-state index < -0.39 is 11.8 Å². The molecule has 0 aliphatic rings. The van der Waals surface area contributed by atoms with E-state index in [0.717, 1.165) is 4.90 Å². The second-order valence-corrected chi connectivity index (χ2v) is 10.6. The minimum atomic E-state index is -0.502. The van der Waals surface area contributed by atoms with E-state index in [1.807, 2.05) is 0 Å². The number of halogens is 3. The molecule has 0 aliphatic heterocycles. The lowest BCUT2D eigenvalue weighted by atomic mass is 10.1. The Bertz CT molecular complexity index is 1540. The van der Waals surface area contributed by atoms with Crippen molar-refractivity contribution in [1.82, 2.24) is 5.32 Å². The average Bonchev–Trinajstić information content (AvgIpc) is 2.96. The third-order valence-corrected chi connectivity index (χ3v) is 7.50. The number of nitrogens with one attached hydrogen (secondary N) is 3. The lowest BCUT2D eigenvalue weighted by Gasteiger charge is -2.12. The second-order valence-electron chi connectivity index (χ2n) is 8.35. The van der Waals surface area contributed by atoms with E-state index in [4.69, 9.17) is 34.8 Å². The highest BCUT2D eigenvalue weighted by Gasteiger charge is 2.15. The van der Waals surface area contributed by atoms with Crippen LogP contribution in [0.4, 0.5) is 11.4 Å². The van der Waals surface area contributed by atoms with Crippen molar-refractivity contribution in [3.8, 4) is 0 Å². The average molecular weight is 611 g/mol. The number of carbonyl (C=O) groups excluding carboxylic acids is 3. The number of rotatable bonds is 9. The van der Waals surface area contributed by atoms with Crippen LogP contribution in [-0.2, 0) is 9.59 Å². The van der Waals surface area contributed by atoms with Crippen LogP contribution in [0.1, 0.15) is 15.9 Å². The van der Waals surface area contributed by atoms with E-state index in [1.54, 1.807) is 103 Å². The molecule has 4 rings (SSSR count). The number of thioether (sulfide) groups is 1. The minimum absolute atomic E-state index is 0.0611. The van der Waals surface area contributed by atoms with Gasteiger partial charge in [-0.3, -0.25) is 14.4 Å². The molecule has 0 heterocycles. The molecule has 0 atom stereocenters. The van der Waals surface area contributed by atoms with Crippen molar-refractivity contribution in [2.24, 2.45) is 0 Å². The Hall–Kier alpha value is -3.75. The first-order chi connectivity index (χ1) is 19.3. The number of benzene rings is 4. The van der Waals surface area contributed by atoms with Crippen LogP contribution in [0.5, 0.6) is 0 Å². The van der Waals surface area contributed by atoms with Crippen LogP contribution in [0.25, 0.3) is 6.08 Å². The Balaban J connectivity index is 1.40. The van der Waals surface area contributed by atoms with Crippen molar-refractivity contribution in [1.29, 1.82) is 0 Å². The van der Waals surface area contributed by atoms with E-state index in [-0.39, 0.29) is 22.4 Å². The number of carbonyl (C=O) groups is 3. The molecule has 10 heteroatoms. The van der Waals surface area contributed by atoms with Gasteiger partial charge in [-0.15, -0.1) is 11.8 Å². The molecule has 6 nitrogen and oxygen atoms in total. The monoisotopic (exact) mass is 609 g/mol. The predicted octanol–water partition coefficient (Wildman–Crippen LogP) is 7.79. The topological polar surface area (TPSA) is 87.3 Å². The van der Waals surface area contributed by atoms with Gasteiger partial charge in [-0.1, -0.05) is 71.2 Å². The van der Waals surface area contributed by atoms with Crippen molar-refractivity contribution < 1.29 is 14.4 Å². The lowest BCUT2D eigenvalue weighted by Crippen LogP contribution is -2.30. The number of hydrogen-bond acceptors (Lipinski definition) is 4. The van der Waals surface area contributed by atoms with Gasteiger partial charge >= 0.3 is 0 Å². The Kier molecular flexibility index (Phi) is 10.3. The summed E-state index contributed by atoms with van der Waals surface area (Å²) in [5.74, 6) is -1.01.